The number of thioether (sulfide) groups is 2. The van der Waals surface area contributed by atoms with Gasteiger partial charge in [-0.3, -0.25) is 24.2 Å². The third-order valence-electron chi connectivity index (χ3n) is 4.78. The second-order valence-electron chi connectivity index (χ2n) is 7.74. The van der Waals surface area contributed by atoms with Crippen LogP contribution in [-0.4, -0.2) is 101 Å². The average molecular weight is 552 g/mol. The molecule has 0 aromatic carbocycles. The van der Waals surface area contributed by atoms with Crippen molar-refractivity contribution in [3.63, 3.8) is 0 Å². The molecule has 0 aliphatic heterocycles. The van der Waals surface area contributed by atoms with Crippen LogP contribution in [0.2, 0.25) is 0 Å². The Kier molecular flexibility index (Phi) is 17.1. The molecule has 0 rings (SSSR count). The van der Waals surface area contributed by atoms with Gasteiger partial charge in [-0.2, -0.15) is 23.5 Å². The Morgan fingerprint density at radius 1 is 0.806 bits per heavy atom. The van der Waals surface area contributed by atoms with E-state index in [1.165, 1.54) is 23.5 Å². The number of carbonyl (C=O) groups excluding carboxylic acids is 3. The highest BCUT2D eigenvalue weighted by Gasteiger charge is 2.31. The molecule has 0 aliphatic rings. The van der Waals surface area contributed by atoms with Gasteiger partial charge in [-0.15, -0.1) is 0 Å². The van der Waals surface area contributed by atoms with Crippen LogP contribution in [0.3, 0.4) is 0 Å². The SMILES string of the molecule is CSCCC(NC(=O)C(CC(=O)O)NC(=O)C(CCSC)NC(=O)C(N)CCCN=C(N)N)C(=O)O. The maximum absolute atomic E-state index is 12.9. The van der Waals surface area contributed by atoms with Crippen molar-refractivity contribution in [3.05, 3.63) is 0 Å². The van der Waals surface area contributed by atoms with Gasteiger partial charge in [0.05, 0.1) is 12.5 Å². The number of guanidine groups is 1. The van der Waals surface area contributed by atoms with Crippen LogP contribution in [0.4, 0.5) is 0 Å². The molecule has 0 radical (unpaired) electrons. The Bertz CT molecular complexity index is 782. The van der Waals surface area contributed by atoms with Crippen LogP contribution in [0.5, 0.6) is 0 Å². The van der Waals surface area contributed by atoms with Gasteiger partial charge in [0.2, 0.25) is 17.7 Å². The molecule has 0 aromatic rings. The van der Waals surface area contributed by atoms with E-state index in [-0.39, 0.29) is 31.8 Å². The number of amides is 3. The molecule has 0 saturated carbocycles. The lowest BCUT2D eigenvalue weighted by Gasteiger charge is -2.24. The monoisotopic (exact) mass is 551 g/mol. The largest absolute Gasteiger partial charge is 0.481 e. The van der Waals surface area contributed by atoms with Gasteiger partial charge < -0.3 is 43.4 Å². The molecule has 16 heteroatoms. The Morgan fingerprint density at radius 3 is 1.81 bits per heavy atom. The molecule has 0 fully saturated rings. The third-order valence-corrected chi connectivity index (χ3v) is 6.07. The number of hydrogen-bond acceptors (Lipinski definition) is 9. The van der Waals surface area contributed by atoms with Crippen molar-refractivity contribution in [1.29, 1.82) is 0 Å². The second-order valence-corrected chi connectivity index (χ2v) is 9.71. The first-order valence-electron chi connectivity index (χ1n) is 11.1. The smallest absolute Gasteiger partial charge is 0.326 e. The molecule has 206 valence electrons. The number of nitrogens with two attached hydrogens (primary N) is 3. The molecule has 0 spiro atoms. The highest BCUT2D eigenvalue weighted by molar-refractivity contribution is 7.98. The van der Waals surface area contributed by atoms with E-state index in [0.29, 0.717) is 17.9 Å². The van der Waals surface area contributed by atoms with Crippen molar-refractivity contribution in [2.45, 2.75) is 56.3 Å². The molecule has 0 aliphatic carbocycles. The first kappa shape index (κ1) is 33.3. The van der Waals surface area contributed by atoms with Gasteiger partial charge in [-0.05, 0) is 49.7 Å². The Hall–Kier alpha value is -2.72. The Morgan fingerprint density at radius 2 is 1.31 bits per heavy atom. The van der Waals surface area contributed by atoms with E-state index in [4.69, 9.17) is 17.2 Å². The lowest BCUT2D eigenvalue weighted by Crippen LogP contribution is -2.57. The highest BCUT2D eigenvalue weighted by Crippen LogP contribution is 2.06. The maximum atomic E-state index is 12.9. The molecular weight excluding hydrogens is 514 g/mol. The van der Waals surface area contributed by atoms with Crippen LogP contribution in [0.25, 0.3) is 0 Å². The normalized spacial score (nSPS) is 14.0. The van der Waals surface area contributed by atoms with Crippen molar-refractivity contribution < 1.29 is 34.2 Å². The van der Waals surface area contributed by atoms with Crippen LogP contribution in [0.15, 0.2) is 4.99 Å². The van der Waals surface area contributed by atoms with Crippen molar-refractivity contribution in [3.8, 4) is 0 Å². The summed E-state index contributed by atoms with van der Waals surface area (Å²) in [6.45, 7) is 0.278. The molecule has 14 nitrogen and oxygen atoms in total. The van der Waals surface area contributed by atoms with Crippen molar-refractivity contribution in [1.82, 2.24) is 16.0 Å². The number of hydrogen-bond donors (Lipinski definition) is 8. The van der Waals surface area contributed by atoms with E-state index in [1.54, 1.807) is 12.5 Å². The number of rotatable bonds is 19. The van der Waals surface area contributed by atoms with Crippen LogP contribution >= 0.6 is 23.5 Å². The van der Waals surface area contributed by atoms with Gasteiger partial charge in [-0.1, -0.05) is 0 Å². The molecule has 11 N–H and O–H groups in total. The molecule has 0 bridgehead atoms. The Labute approximate surface area is 218 Å². The van der Waals surface area contributed by atoms with E-state index in [2.05, 4.69) is 20.9 Å². The summed E-state index contributed by atoms with van der Waals surface area (Å²) in [6, 6.07) is -4.84. The summed E-state index contributed by atoms with van der Waals surface area (Å²) in [6.07, 6.45) is 3.77. The summed E-state index contributed by atoms with van der Waals surface area (Å²) in [5.74, 6) is -4.17. The fourth-order valence-electron chi connectivity index (χ4n) is 2.86. The first-order chi connectivity index (χ1) is 16.9. The fourth-order valence-corrected chi connectivity index (χ4v) is 3.80. The van der Waals surface area contributed by atoms with Gasteiger partial charge in [0.15, 0.2) is 5.96 Å². The predicted octanol–water partition coefficient (Wildman–Crippen LogP) is -2.11. The molecule has 0 aromatic heterocycles. The van der Waals surface area contributed by atoms with E-state index in [0.717, 1.165) is 0 Å². The lowest BCUT2D eigenvalue weighted by molar-refractivity contribution is -0.143. The minimum atomic E-state index is -1.55. The van der Waals surface area contributed by atoms with Gasteiger partial charge in [0.1, 0.15) is 18.1 Å². The highest BCUT2D eigenvalue weighted by atomic mass is 32.2. The topological polar surface area (TPSA) is 252 Å². The van der Waals surface area contributed by atoms with Crippen molar-refractivity contribution in [2.24, 2.45) is 22.2 Å². The van der Waals surface area contributed by atoms with Crippen molar-refractivity contribution >= 4 is 59.1 Å². The first-order valence-corrected chi connectivity index (χ1v) is 13.9. The summed E-state index contributed by atoms with van der Waals surface area (Å²) in [5.41, 5.74) is 16.4. The van der Waals surface area contributed by atoms with Crippen LogP contribution in [-0.2, 0) is 24.0 Å². The number of aliphatic carboxylic acids is 2. The second kappa shape index (κ2) is 18.5. The van der Waals surface area contributed by atoms with E-state index in [1.807, 2.05) is 0 Å². The zero-order valence-corrected chi connectivity index (χ0v) is 22.0. The minimum Gasteiger partial charge on any atom is -0.481 e. The fraction of sp³-hybridized carbons (Fsp3) is 0.700. The third kappa shape index (κ3) is 14.6. The number of carbonyl (C=O) groups is 5. The average Bonchev–Trinajstić information content (AvgIpc) is 2.80. The quantitative estimate of drug-likeness (QED) is 0.0487. The number of aliphatic imine (C=N–C) groups is 1. The molecule has 4 atom stereocenters. The summed E-state index contributed by atoms with van der Waals surface area (Å²) in [7, 11) is 0. The van der Waals surface area contributed by atoms with Crippen LogP contribution in [0, 0.1) is 0 Å². The van der Waals surface area contributed by atoms with Crippen LogP contribution < -0.4 is 33.2 Å². The molecule has 4 unspecified atom stereocenters. The summed E-state index contributed by atoms with van der Waals surface area (Å²) in [4.78, 5) is 64.6. The number of carboxylic acid groups (broad SMARTS) is 2. The predicted molar refractivity (Wildman–Crippen MR) is 140 cm³/mol. The summed E-state index contributed by atoms with van der Waals surface area (Å²) >= 11 is 2.80. The van der Waals surface area contributed by atoms with Gasteiger partial charge >= 0.3 is 11.9 Å². The lowest BCUT2D eigenvalue weighted by atomic mass is 10.1. The number of nitrogens with zero attached hydrogens (tertiary/aromatic N) is 1. The molecule has 0 heterocycles. The number of carboxylic acids is 2. The number of nitrogens with one attached hydrogen (secondary N) is 3. The van der Waals surface area contributed by atoms with E-state index in [9.17, 15) is 34.2 Å². The van der Waals surface area contributed by atoms with E-state index < -0.39 is 60.2 Å². The summed E-state index contributed by atoms with van der Waals surface area (Å²) < 4.78 is 0. The minimum absolute atomic E-state index is 0.0827. The zero-order chi connectivity index (χ0) is 27.7. The standard InChI is InChI=1S/C20H37N7O7S2/c1-35-8-5-12(25-16(30)11(21)4-3-7-24-20(22)23)17(31)27-14(10-15(28)29)18(32)26-13(19(33)34)6-9-36-2/h11-14H,3-10,21H2,1-2H3,(H,25,30)(H,26,32)(H,27,31)(H,28,29)(H,33,34)(H4,22,23,24). The molecule has 36 heavy (non-hydrogen) atoms. The molecule has 0 saturated heterocycles. The van der Waals surface area contributed by atoms with Gasteiger partial charge in [-0.25, -0.2) is 4.79 Å². The van der Waals surface area contributed by atoms with Gasteiger partial charge in [0.25, 0.3) is 0 Å². The van der Waals surface area contributed by atoms with Crippen molar-refractivity contribution in [2.75, 3.05) is 30.6 Å². The van der Waals surface area contributed by atoms with Gasteiger partial charge in [0, 0.05) is 6.54 Å². The molecular formula is C20H37N7O7S2. The zero-order valence-electron chi connectivity index (χ0n) is 20.4. The summed E-state index contributed by atoms with van der Waals surface area (Å²) in [5, 5.41) is 25.7. The Balaban J connectivity index is 5.35. The molecule has 3 amide bonds. The maximum Gasteiger partial charge on any atom is 0.326 e. The van der Waals surface area contributed by atoms with Crippen LogP contribution in [0.1, 0.15) is 32.1 Å². The van der Waals surface area contributed by atoms with E-state index >= 15 is 0 Å².